The molecule has 1 aromatic carbocycles. The molecule has 1 aliphatic heterocycles. The maximum absolute atomic E-state index is 12.3. The highest BCUT2D eigenvalue weighted by atomic mass is 16.6. The fourth-order valence-electron chi connectivity index (χ4n) is 5.65. The lowest BCUT2D eigenvalue weighted by molar-refractivity contribution is -0.144. The molecule has 0 radical (unpaired) electrons. The number of esters is 1. The molecule has 0 aromatic heterocycles. The SMILES string of the molecule is COCCOC(=O)CNC1c2ccc(O)cc2[C@@]2(C)CCCN(CC3CC3)[C@H]1[C@@H]2C. The lowest BCUT2D eigenvalue weighted by Crippen LogP contribution is -2.56. The van der Waals surface area contributed by atoms with E-state index in [0.29, 0.717) is 24.3 Å². The first-order valence-corrected chi connectivity index (χ1v) is 11.4. The van der Waals surface area contributed by atoms with E-state index < -0.39 is 0 Å². The molecular formula is C24H36N2O4. The van der Waals surface area contributed by atoms with Crippen molar-refractivity contribution in [1.29, 1.82) is 0 Å². The summed E-state index contributed by atoms with van der Waals surface area (Å²) in [7, 11) is 1.60. The van der Waals surface area contributed by atoms with E-state index in [4.69, 9.17) is 9.47 Å². The molecule has 3 aliphatic rings. The van der Waals surface area contributed by atoms with Crippen molar-refractivity contribution >= 4 is 5.97 Å². The van der Waals surface area contributed by atoms with Crippen LogP contribution in [0.15, 0.2) is 18.2 Å². The van der Waals surface area contributed by atoms with E-state index in [-0.39, 0.29) is 30.6 Å². The smallest absolute Gasteiger partial charge is 0.320 e. The van der Waals surface area contributed by atoms with E-state index in [2.05, 4.69) is 30.1 Å². The zero-order valence-electron chi connectivity index (χ0n) is 18.5. The summed E-state index contributed by atoms with van der Waals surface area (Å²) >= 11 is 0. The van der Waals surface area contributed by atoms with Crippen LogP contribution in [0, 0.1) is 11.8 Å². The molecule has 1 saturated carbocycles. The summed E-state index contributed by atoms with van der Waals surface area (Å²) in [6.45, 7) is 7.81. The van der Waals surface area contributed by atoms with Crippen LogP contribution in [0.4, 0.5) is 0 Å². The second kappa shape index (κ2) is 8.85. The van der Waals surface area contributed by atoms with Gasteiger partial charge in [-0.1, -0.05) is 19.9 Å². The standard InChI is InChI=1S/C24H36N2O4/c1-16-23-22(25-14-21(28)30-12-11-29-3)19-8-7-18(27)13-20(19)24(16,2)9-4-10-26(23)15-17-5-6-17/h7-8,13,16-17,22-23,25,27H,4-6,9-12,14-15H2,1-3H3/t16-,22?,23-,24-/m0/s1. The Bertz CT molecular complexity index is 766. The molecule has 2 N–H and O–H groups in total. The number of phenols is 1. The van der Waals surface area contributed by atoms with Crippen molar-refractivity contribution in [3.63, 3.8) is 0 Å². The lowest BCUT2D eigenvalue weighted by atomic mass is 9.60. The number of benzene rings is 1. The normalized spacial score (nSPS) is 31.1. The van der Waals surface area contributed by atoms with Gasteiger partial charge in [-0.3, -0.25) is 15.0 Å². The zero-order valence-corrected chi connectivity index (χ0v) is 18.5. The van der Waals surface area contributed by atoms with Gasteiger partial charge in [0.05, 0.1) is 13.2 Å². The highest BCUT2D eigenvalue weighted by molar-refractivity contribution is 5.71. The summed E-state index contributed by atoms with van der Waals surface area (Å²) in [6.07, 6.45) is 4.95. The largest absolute Gasteiger partial charge is 0.508 e. The number of rotatable bonds is 8. The van der Waals surface area contributed by atoms with Gasteiger partial charge in [-0.15, -0.1) is 0 Å². The number of hydrogen-bond acceptors (Lipinski definition) is 6. The molecule has 0 amide bonds. The third-order valence-electron chi connectivity index (χ3n) is 7.62. The number of nitrogens with zero attached hydrogens (tertiary/aromatic N) is 1. The number of hydrogen-bond donors (Lipinski definition) is 2. The average Bonchev–Trinajstić information content (AvgIpc) is 3.54. The molecule has 4 atom stereocenters. The summed E-state index contributed by atoms with van der Waals surface area (Å²) in [4.78, 5) is 15.0. The molecule has 2 fully saturated rings. The van der Waals surface area contributed by atoms with Crippen LogP contribution in [-0.4, -0.2) is 62.0 Å². The molecule has 6 heteroatoms. The van der Waals surface area contributed by atoms with Gasteiger partial charge in [-0.2, -0.15) is 0 Å². The number of carbonyl (C=O) groups excluding carboxylic acids is 1. The molecule has 6 nitrogen and oxygen atoms in total. The number of aromatic hydroxyl groups is 1. The minimum atomic E-state index is -0.254. The Labute approximate surface area is 179 Å². The zero-order chi connectivity index (χ0) is 21.3. The van der Waals surface area contributed by atoms with E-state index in [9.17, 15) is 9.90 Å². The highest BCUT2D eigenvalue weighted by Crippen LogP contribution is 2.52. The van der Waals surface area contributed by atoms with Gasteiger partial charge in [0.25, 0.3) is 0 Å². The highest BCUT2D eigenvalue weighted by Gasteiger charge is 2.51. The fourth-order valence-corrected chi connectivity index (χ4v) is 5.65. The predicted octanol–water partition coefficient (Wildman–Crippen LogP) is 2.99. The second-order valence-corrected chi connectivity index (χ2v) is 9.58. The van der Waals surface area contributed by atoms with E-state index in [1.807, 2.05) is 6.07 Å². The van der Waals surface area contributed by atoms with Gasteiger partial charge in [0.1, 0.15) is 12.4 Å². The third-order valence-corrected chi connectivity index (χ3v) is 7.62. The monoisotopic (exact) mass is 416 g/mol. The number of ether oxygens (including phenoxy) is 2. The van der Waals surface area contributed by atoms with Gasteiger partial charge >= 0.3 is 5.97 Å². The number of phenolic OH excluding ortho intramolecular Hbond substituents is 1. The maximum atomic E-state index is 12.3. The molecule has 4 rings (SSSR count). The van der Waals surface area contributed by atoms with E-state index in [1.165, 1.54) is 24.0 Å². The van der Waals surface area contributed by atoms with E-state index in [1.54, 1.807) is 13.2 Å². The van der Waals surface area contributed by atoms with Crippen LogP contribution in [0.1, 0.15) is 56.7 Å². The van der Waals surface area contributed by atoms with Crippen LogP contribution in [0.2, 0.25) is 0 Å². The van der Waals surface area contributed by atoms with Gasteiger partial charge in [0, 0.05) is 25.7 Å². The summed E-state index contributed by atoms with van der Waals surface area (Å²) < 4.78 is 10.2. The summed E-state index contributed by atoms with van der Waals surface area (Å²) in [5, 5.41) is 13.8. The minimum Gasteiger partial charge on any atom is -0.508 e. The first-order chi connectivity index (χ1) is 14.4. The van der Waals surface area contributed by atoms with Crippen LogP contribution in [0.5, 0.6) is 5.75 Å². The van der Waals surface area contributed by atoms with Gasteiger partial charge < -0.3 is 14.6 Å². The second-order valence-electron chi connectivity index (χ2n) is 9.58. The van der Waals surface area contributed by atoms with Crippen LogP contribution in [0.25, 0.3) is 0 Å². The average molecular weight is 417 g/mol. The number of fused-ring (bicyclic) bond motifs is 4. The Hall–Kier alpha value is -1.63. The van der Waals surface area contributed by atoms with Crippen molar-refractivity contribution in [3.05, 3.63) is 29.3 Å². The summed E-state index contributed by atoms with van der Waals surface area (Å²) in [5.41, 5.74) is 2.46. The Morgan fingerprint density at radius 1 is 1.33 bits per heavy atom. The van der Waals surface area contributed by atoms with Gasteiger partial charge in [0.15, 0.2) is 0 Å². The van der Waals surface area contributed by atoms with Gasteiger partial charge in [0.2, 0.25) is 0 Å². The molecule has 1 heterocycles. The first-order valence-electron chi connectivity index (χ1n) is 11.4. The van der Waals surface area contributed by atoms with Crippen LogP contribution < -0.4 is 5.32 Å². The van der Waals surface area contributed by atoms with Crippen molar-refractivity contribution < 1.29 is 19.4 Å². The Balaban J connectivity index is 1.63. The molecule has 2 aliphatic carbocycles. The van der Waals surface area contributed by atoms with Gasteiger partial charge in [-0.05, 0) is 72.7 Å². The minimum absolute atomic E-state index is 0.0220. The quantitative estimate of drug-likeness (QED) is 0.502. The van der Waals surface area contributed by atoms with Crippen LogP contribution in [0.3, 0.4) is 0 Å². The van der Waals surface area contributed by atoms with Crippen molar-refractivity contribution in [2.75, 3.05) is 40.0 Å². The molecule has 1 saturated heterocycles. The molecule has 0 spiro atoms. The Morgan fingerprint density at radius 3 is 2.87 bits per heavy atom. The van der Waals surface area contributed by atoms with Crippen molar-refractivity contribution in [2.24, 2.45) is 11.8 Å². The van der Waals surface area contributed by atoms with Crippen LogP contribution >= 0.6 is 0 Å². The van der Waals surface area contributed by atoms with Gasteiger partial charge in [-0.25, -0.2) is 0 Å². The number of nitrogens with one attached hydrogen (secondary N) is 1. The molecular weight excluding hydrogens is 380 g/mol. The van der Waals surface area contributed by atoms with E-state index >= 15 is 0 Å². The molecule has 2 bridgehead atoms. The lowest BCUT2D eigenvalue weighted by Gasteiger charge is -2.51. The summed E-state index contributed by atoms with van der Waals surface area (Å²) in [5.74, 6) is 1.30. The third kappa shape index (κ3) is 4.23. The Morgan fingerprint density at radius 2 is 2.13 bits per heavy atom. The molecule has 166 valence electrons. The maximum Gasteiger partial charge on any atom is 0.320 e. The van der Waals surface area contributed by atoms with Crippen LogP contribution in [-0.2, 0) is 19.7 Å². The van der Waals surface area contributed by atoms with E-state index in [0.717, 1.165) is 31.8 Å². The molecule has 30 heavy (non-hydrogen) atoms. The predicted molar refractivity (Wildman–Crippen MR) is 116 cm³/mol. The van der Waals surface area contributed by atoms with Crippen molar-refractivity contribution in [2.45, 2.75) is 57.0 Å². The topological polar surface area (TPSA) is 71.0 Å². The number of likely N-dealkylation sites (tertiary alicyclic amines) is 1. The number of carbonyl (C=O) groups is 1. The molecule has 1 unspecified atom stereocenters. The molecule has 1 aromatic rings. The summed E-state index contributed by atoms with van der Waals surface area (Å²) in [6, 6.07) is 6.14. The van der Waals surface area contributed by atoms with Crippen molar-refractivity contribution in [1.82, 2.24) is 10.2 Å². The number of methoxy groups -OCH3 is 1. The van der Waals surface area contributed by atoms with Crippen molar-refractivity contribution in [3.8, 4) is 5.75 Å². The fraction of sp³-hybridized carbons (Fsp3) is 0.708. The Kier molecular flexibility index (Phi) is 6.37. The first kappa shape index (κ1) is 21.6.